The average Bonchev–Trinajstić information content (AvgIpc) is 2.04. The van der Waals surface area contributed by atoms with Gasteiger partial charge in [0.05, 0.1) is 17.9 Å². The Hall–Kier alpha value is -0.970. The summed E-state index contributed by atoms with van der Waals surface area (Å²) in [5.74, 6) is -3.88. The molecule has 0 radical (unpaired) electrons. The molecule has 0 aliphatic carbocycles. The number of hydrogen-bond acceptors (Lipinski definition) is 3. The van der Waals surface area contributed by atoms with Crippen molar-refractivity contribution in [3.05, 3.63) is 0 Å². The SMILES string of the molecule is CC(N)C(=O)C(CF)C(C)C(=O)O. The zero-order valence-electron chi connectivity index (χ0n) is 7.66. The van der Waals surface area contributed by atoms with Gasteiger partial charge in [0.15, 0.2) is 5.78 Å². The van der Waals surface area contributed by atoms with Crippen molar-refractivity contribution < 1.29 is 19.1 Å². The summed E-state index contributed by atoms with van der Waals surface area (Å²) in [5.41, 5.74) is 5.24. The van der Waals surface area contributed by atoms with Gasteiger partial charge in [-0.1, -0.05) is 6.92 Å². The lowest BCUT2D eigenvalue weighted by molar-refractivity contribution is -0.146. The van der Waals surface area contributed by atoms with Gasteiger partial charge in [-0.2, -0.15) is 0 Å². The molecule has 0 saturated heterocycles. The largest absolute Gasteiger partial charge is 0.481 e. The van der Waals surface area contributed by atoms with Crippen LogP contribution >= 0.6 is 0 Å². The maximum atomic E-state index is 12.3. The van der Waals surface area contributed by atoms with Crippen LogP contribution in [-0.4, -0.2) is 29.6 Å². The monoisotopic (exact) mass is 191 g/mol. The fourth-order valence-electron chi connectivity index (χ4n) is 0.966. The Morgan fingerprint density at radius 2 is 1.92 bits per heavy atom. The third-order valence-corrected chi connectivity index (χ3v) is 1.97. The molecule has 0 spiro atoms. The Kier molecular flexibility index (Phi) is 4.55. The minimum atomic E-state index is -1.18. The van der Waals surface area contributed by atoms with E-state index in [1.54, 1.807) is 0 Å². The molecule has 0 aromatic heterocycles. The molecule has 0 aromatic carbocycles. The lowest BCUT2D eigenvalue weighted by atomic mass is 9.88. The molecule has 3 N–H and O–H groups in total. The molecule has 3 atom stereocenters. The Balaban J connectivity index is 4.50. The molecule has 0 aliphatic rings. The third kappa shape index (κ3) is 3.10. The number of aliphatic carboxylic acids is 1. The molecule has 4 nitrogen and oxygen atoms in total. The van der Waals surface area contributed by atoms with Gasteiger partial charge in [-0.15, -0.1) is 0 Å². The predicted octanol–water partition coefficient (Wildman–Crippen LogP) is 0.209. The Morgan fingerprint density at radius 1 is 1.46 bits per heavy atom. The first-order valence-corrected chi connectivity index (χ1v) is 3.99. The molecule has 0 aromatic rings. The van der Waals surface area contributed by atoms with Gasteiger partial charge < -0.3 is 10.8 Å². The first-order chi connectivity index (χ1) is 5.91. The molecule has 0 amide bonds. The van der Waals surface area contributed by atoms with Crippen molar-refractivity contribution in [3.8, 4) is 0 Å². The molecule has 0 heterocycles. The molecule has 0 aliphatic heterocycles. The summed E-state index contributed by atoms with van der Waals surface area (Å²) in [7, 11) is 0. The highest BCUT2D eigenvalue weighted by Crippen LogP contribution is 2.15. The molecule has 5 heteroatoms. The minimum absolute atomic E-state index is 0.544. The molecule has 0 rings (SSSR count). The van der Waals surface area contributed by atoms with Crippen molar-refractivity contribution in [2.24, 2.45) is 17.6 Å². The number of carboxylic acids is 1. The van der Waals surface area contributed by atoms with Crippen LogP contribution in [0.15, 0.2) is 0 Å². The number of alkyl halides is 1. The number of carboxylic acid groups (broad SMARTS) is 1. The number of halogens is 1. The van der Waals surface area contributed by atoms with Crippen molar-refractivity contribution in [2.45, 2.75) is 19.9 Å². The van der Waals surface area contributed by atoms with Gasteiger partial charge in [0.1, 0.15) is 6.67 Å². The van der Waals surface area contributed by atoms with Gasteiger partial charge in [0, 0.05) is 0 Å². The van der Waals surface area contributed by atoms with E-state index in [-0.39, 0.29) is 0 Å². The fourth-order valence-corrected chi connectivity index (χ4v) is 0.966. The van der Waals surface area contributed by atoms with Crippen LogP contribution in [0.5, 0.6) is 0 Å². The van der Waals surface area contributed by atoms with Crippen LogP contribution in [0, 0.1) is 11.8 Å². The van der Waals surface area contributed by atoms with E-state index in [2.05, 4.69) is 0 Å². The van der Waals surface area contributed by atoms with Gasteiger partial charge in [-0.05, 0) is 6.92 Å². The first kappa shape index (κ1) is 12.0. The third-order valence-electron chi connectivity index (χ3n) is 1.97. The van der Waals surface area contributed by atoms with Crippen molar-refractivity contribution in [1.29, 1.82) is 0 Å². The predicted molar refractivity (Wildman–Crippen MR) is 44.9 cm³/mol. The van der Waals surface area contributed by atoms with Crippen LogP contribution in [0.2, 0.25) is 0 Å². The second-order valence-electron chi connectivity index (χ2n) is 3.08. The van der Waals surface area contributed by atoms with E-state index in [0.29, 0.717) is 0 Å². The normalized spacial score (nSPS) is 17.5. The van der Waals surface area contributed by atoms with Crippen LogP contribution in [0.1, 0.15) is 13.8 Å². The summed E-state index contributed by atoms with van der Waals surface area (Å²) >= 11 is 0. The second-order valence-corrected chi connectivity index (χ2v) is 3.08. The maximum Gasteiger partial charge on any atom is 0.307 e. The standard InChI is InChI=1S/C8H14FNO3/c1-4(8(12)13)6(3-9)7(11)5(2)10/h4-6H,3,10H2,1-2H3,(H,12,13). The summed E-state index contributed by atoms with van der Waals surface area (Å²) in [6.07, 6.45) is 0. The number of hydrogen-bond donors (Lipinski definition) is 2. The highest BCUT2D eigenvalue weighted by atomic mass is 19.1. The van der Waals surface area contributed by atoms with Crippen LogP contribution < -0.4 is 5.73 Å². The van der Waals surface area contributed by atoms with Crippen LogP contribution in [0.4, 0.5) is 4.39 Å². The first-order valence-electron chi connectivity index (χ1n) is 3.99. The molecule has 0 saturated carbocycles. The van der Waals surface area contributed by atoms with Gasteiger partial charge in [0.25, 0.3) is 0 Å². The Morgan fingerprint density at radius 3 is 2.15 bits per heavy atom. The molecular weight excluding hydrogens is 177 g/mol. The smallest absolute Gasteiger partial charge is 0.307 e. The molecular formula is C8H14FNO3. The zero-order chi connectivity index (χ0) is 10.6. The van der Waals surface area contributed by atoms with Gasteiger partial charge in [-0.25, -0.2) is 0 Å². The van der Waals surface area contributed by atoms with E-state index in [9.17, 15) is 14.0 Å². The minimum Gasteiger partial charge on any atom is -0.481 e. The number of nitrogens with two attached hydrogens (primary N) is 1. The van der Waals surface area contributed by atoms with Crippen LogP contribution in [0.25, 0.3) is 0 Å². The highest BCUT2D eigenvalue weighted by molar-refractivity contribution is 5.89. The quantitative estimate of drug-likeness (QED) is 0.651. The van der Waals surface area contributed by atoms with Gasteiger partial charge in [0.2, 0.25) is 0 Å². The van der Waals surface area contributed by atoms with Crippen LogP contribution in [-0.2, 0) is 9.59 Å². The van der Waals surface area contributed by atoms with Crippen molar-refractivity contribution >= 4 is 11.8 Å². The topological polar surface area (TPSA) is 80.4 Å². The molecule has 0 bridgehead atoms. The maximum absolute atomic E-state index is 12.3. The summed E-state index contributed by atoms with van der Waals surface area (Å²) < 4.78 is 12.3. The summed E-state index contributed by atoms with van der Waals surface area (Å²) in [6.45, 7) is 1.74. The van der Waals surface area contributed by atoms with Gasteiger partial charge in [-0.3, -0.25) is 14.0 Å². The van der Waals surface area contributed by atoms with Gasteiger partial charge >= 0.3 is 5.97 Å². The Labute approximate surface area is 75.9 Å². The summed E-state index contributed by atoms with van der Waals surface area (Å²) in [4.78, 5) is 21.7. The van der Waals surface area contributed by atoms with Crippen molar-refractivity contribution in [3.63, 3.8) is 0 Å². The molecule has 76 valence electrons. The summed E-state index contributed by atoms with van der Waals surface area (Å²) in [5, 5.41) is 8.55. The molecule has 13 heavy (non-hydrogen) atoms. The number of ketones is 1. The summed E-state index contributed by atoms with van der Waals surface area (Å²) in [6, 6.07) is -0.817. The Bertz CT molecular complexity index is 206. The lowest BCUT2D eigenvalue weighted by Crippen LogP contribution is -2.39. The lowest BCUT2D eigenvalue weighted by Gasteiger charge is -2.17. The van der Waals surface area contributed by atoms with E-state index in [1.807, 2.05) is 0 Å². The van der Waals surface area contributed by atoms with Crippen molar-refractivity contribution in [2.75, 3.05) is 6.67 Å². The van der Waals surface area contributed by atoms with E-state index in [4.69, 9.17) is 10.8 Å². The number of carbonyl (C=O) groups excluding carboxylic acids is 1. The average molecular weight is 191 g/mol. The fraction of sp³-hybridized carbons (Fsp3) is 0.750. The second kappa shape index (κ2) is 4.91. The van der Waals surface area contributed by atoms with E-state index in [0.717, 1.165) is 0 Å². The van der Waals surface area contributed by atoms with Crippen LogP contribution in [0.3, 0.4) is 0 Å². The van der Waals surface area contributed by atoms with Crippen molar-refractivity contribution in [1.82, 2.24) is 0 Å². The number of carbonyl (C=O) groups is 2. The van der Waals surface area contributed by atoms with E-state index < -0.39 is 36.3 Å². The molecule has 0 fully saturated rings. The highest BCUT2D eigenvalue weighted by Gasteiger charge is 2.31. The number of Topliss-reactive ketones (excluding diaryl/α,β-unsaturated/α-hetero) is 1. The van der Waals surface area contributed by atoms with E-state index >= 15 is 0 Å². The number of rotatable bonds is 5. The zero-order valence-corrected chi connectivity index (χ0v) is 7.66. The van der Waals surface area contributed by atoms with E-state index in [1.165, 1.54) is 13.8 Å². The molecule has 3 unspecified atom stereocenters.